The van der Waals surface area contributed by atoms with Crippen LogP contribution in [0.5, 0.6) is 0 Å². The molecule has 1 aliphatic rings. The first kappa shape index (κ1) is 19.2. The highest BCUT2D eigenvalue weighted by molar-refractivity contribution is 5.98. The van der Waals surface area contributed by atoms with Crippen molar-refractivity contribution in [2.75, 3.05) is 25.0 Å². The van der Waals surface area contributed by atoms with E-state index in [1.165, 1.54) is 6.26 Å². The number of anilines is 1. The molecule has 7 nitrogen and oxygen atoms in total. The number of nitrogens with one attached hydrogen (secondary N) is 2. The van der Waals surface area contributed by atoms with Gasteiger partial charge in [0.1, 0.15) is 17.1 Å². The van der Waals surface area contributed by atoms with Gasteiger partial charge in [-0.05, 0) is 18.6 Å². The van der Waals surface area contributed by atoms with Crippen molar-refractivity contribution in [1.82, 2.24) is 20.2 Å². The Hall–Kier alpha value is -2.62. The molecular formula is C17H20F3N5O2. The molecular weight excluding hydrogens is 363 g/mol. The number of halogens is 3. The van der Waals surface area contributed by atoms with E-state index in [2.05, 4.69) is 20.6 Å². The van der Waals surface area contributed by atoms with Crippen LogP contribution in [0.1, 0.15) is 35.3 Å². The second-order valence-corrected chi connectivity index (χ2v) is 6.15. The van der Waals surface area contributed by atoms with Crippen LogP contribution in [-0.4, -0.2) is 46.5 Å². The lowest BCUT2D eigenvalue weighted by atomic mass is 10.1. The van der Waals surface area contributed by atoms with E-state index in [9.17, 15) is 18.0 Å². The number of piperazine rings is 1. The highest BCUT2D eigenvalue weighted by atomic mass is 19.4. The number of carbonyl (C=O) groups is 1. The minimum Gasteiger partial charge on any atom is -0.467 e. The Kier molecular flexibility index (Phi) is 5.64. The topological polar surface area (TPSA) is 83.3 Å². The van der Waals surface area contributed by atoms with Crippen LogP contribution in [0.3, 0.4) is 0 Å². The van der Waals surface area contributed by atoms with E-state index in [1.807, 2.05) is 6.92 Å². The van der Waals surface area contributed by atoms with E-state index >= 15 is 0 Å². The van der Waals surface area contributed by atoms with Crippen LogP contribution in [0.2, 0.25) is 0 Å². The van der Waals surface area contributed by atoms with Gasteiger partial charge in [-0.2, -0.15) is 13.2 Å². The second kappa shape index (κ2) is 7.95. The molecule has 1 amide bonds. The molecule has 2 N–H and O–H groups in total. The van der Waals surface area contributed by atoms with Crippen LogP contribution in [0.4, 0.5) is 19.0 Å². The number of amides is 1. The lowest BCUT2D eigenvalue weighted by molar-refractivity contribution is -0.144. The second-order valence-electron chi connectivity index (χ2n) is 6.15. The highest BCUT2D eigenvalue weighted by Gasteiger charge is 2.36. The zero-order valence-electron chi connectivity index (χ0n) is 14.7. The Balaban J connectivity index is 1.91. The summed E-state index contributed by atoms with van der Waals surface area (Å²) in [7, 11) is 0. The van der Waals surface area contributed by atoms with Crippen molar-refractivity contribution in [3.05, 3.63) is 41.7 Å². The summed E-state index contributed by atoms with van der Waals surface area (Å²) in [6.07, 6.45) is -1.58. The number of hydrogen-bond acceptors (Lipinski definition) is 6. The Morgan fingerprint density at radius 1 is 1.48 bits per heavy atom. The smallest absolute Gasteiger partial charge is 0.451 e. The third-order valence-electron chi connectivity index (χ3n) is 4.37. The third-order valence-corrected chi connectivity index (χ3v) is 4.37. The molecule has 146 valence electrons. The van der Waals surface area contributed by atoms with Gasteiger partial charge in [-0.25, -0.2) is 9.97 Å². The predicted molar refractivity (Wildman–Crippen MR) is 91.1 cm³/mol. The monoisotopic (exact) mass is 383 g/mol. The van der Waals surface area contributed by atoms with Crippen LogP contribution in [-0.2, 0) is 12.7 Å². The molecule has 1 unspecified atom stereocenters. The summed E-state index contributed by atoms with van der Waals surface area (Å²) >= 11 is 0. The van der Waals surface area contributed by atoms with Gasteiger partial charge in [-0.15, -0.1) is 0 Å². The minimum atomic E-state index is -4.70. The molecule has 0 spiro atoms. The number of hydrogen-bond donors (Lipinski definition) is 2. The number of rotatable bonds is 5. The molecule has 1 aliphatic heterocycles. The van der Waals surface area contributed by atoms with Crippen LogP contribution in [0, 0.1) is 0 Å². The maximum atomic E-state index is 13.0. The number of alkyl halides is 3. The maximum absolute atomic E-state index is 13.0. The lowest BCUT2D eigenvalue weighted by Crippen LogP contribution is -2.53. The first-order chi connectivity index (χ1) is 12.9. The van der Waals surface area contributed by atoms with E-state index in [1.54, 1.807) is 17.0 Å². The standard InChI is InChI=1S/C17H20F3N5O2/c1-2-11-8-21-5-6-25(11)15(26)13-10-23-16(17(18,19)20)24-14(13)22-9-12-4-3-7-27-12/h3-4,7,10-11,21H,2,5-6,8-9H2,1H3,(H,22,23,24). The zero-order valence-corrected chi connectivity index (χ0v) is 14.7. The van der Waals surface area contributed by atoms with Crippen LogP contribution < -0.4 is 10.6 Å². The molecule has 1 atom stereocenters. The average Bonchev–Trinajstić information content (AvgIpc) is 3.18. The fraction of sp³-hybridized carbons (Fsp3) is 0.471. The largest absolute Gasteiger partial charge is 0.467 e. The molecule has 10 heteroatoms. The van der Waals surface area contributed by atoms with Gasteiger partial charge < -0.3 is 20.0 Å². The SMILES string of the molecule is CCC1CNCCN1C(=O)c1cnc(C(F)(F)F)nc1NCc1ccco1. The molecule has 2 aromatic rings. The summed E-state index contributed by atoms with van der Waals surface area (Å²) in [5.41, 5.74) is 0.00917. The summed E-state index contributed by atoms with van der Waals surface area (Å²) in [4.78, 5) is 21.6. The number of furan rings is 1. The van der Waals surface area contributed by atoms with E-state index < -0.39 is 12.0 Å². The molecule has 0 bridgehead atoms. The normalized spacial score (nSPS) is 17.8. The maximum Gasteiger partial charge on any atom is 0.451 e. The quantitative estimate of drug-likeness (QED) is 0.826. The van der Waals surface area contributed by atoms with Crippen molar-refractivity contribution < 1.29 is 22.4 Å². The number of aromatic nitrogens is 2. The molecule has 2 aromatic heterocycles. The Labute approximate surface area is 154 Å². The minimum absolute atomic E-state index is 0.00917. The summed E-state index contributed by atoms with van der Waals surface area (Å²) in [5.74, 6) is -1.34. The van der Waals surface area contributed by atoms with Crippen molar-refractivity contribution >= 4 is 11.7 Å². The van der Waals surface area contributed by atoms with E-state index in [0.29, 0.717) is 25.4 Å². The first-order valence-corrected chi connectivity index (χ1v) is 8.62. The Bertz CT molecular complexity index is 779. The van der Waals surface area contributed by atoms with E-state index in [4.69, 9.17) is 4.42 Å². The van der Waals surface area contributed by atoms with Crippen molar-refractivity contribution in [1.29, 1.82) is 0 Å². The van der Waals surface area contributed by atoms with Gasteiger partial charge in [-0.3, -0.25) is 4.79 Å². The van der Waals surface area contributed by atoms with Gasteiger partial charge in [-0.1, -0.05) is 6.92 Å². The van der Waals surface area contributed by atoms with Crippen LogP contribution in [0.15, 0.2) is 29.0 Å². The van der Waals surface area contributed by atoms with Gasteiger partial charge >= 0.3 is 6.18 Å². The number of carbonyl (C=O) groups excluding carboxylic acids is 1. The van der Waals surface area contributed by atoms with Gasteiger partial charge in [0.25, 0.3) is 5.91 Å². The van der Waals surface area contributed by atoms with Gasteiger partial charge in [0, 0.05) is 31.9 Å². The predicted octanol–water partition coefficient (Wildman–Crippen LogP) is 2.52. The van der Waals surface area contributed by atoms with Crippen LogP contribution >= 0.6 is 0 Å². The summed E-state index contributed by atoms with van der Waals surface area (Å²) in [6.45, 7) is 3.78. The Morgan fingerprint density at radius 3 is 2.96 bits per heavy atom. The van der Waals surface area contributed by atoms with Gasteiger partial charge in [0.15, 0.2) is 0 Å². The van der Waals surface area contributed by atoms with Gasteiger partial charge in [0.2, 0.25) is 5.82 Å². The fourth-order valence-electron chi connectivity index (χ4n) is 2.94. The molecule has 0 aliphatic carbocycles. The van der Waals surface area contributed by atoms with E-state index in [0.717, 1.165) is 12.6 Å². The summed E-state index contributed by atoms with van der Waals surface area (Å²) in [5, 5.41) is 5.98. The summed E-state index contributed by atoms with van der Waals surface area (Å²) in [6, 6.07) is 3.30. The zero-order chi connectivity index (χ0) is 19.4. The van der Waals surface area contributed by atoms with Gasteiger partial charge in [0.05, 0.1) is 12.8 Å². The fourth-order valence-corrected chi connectivity index (χ4v) is 2.94. The highest BCUT2D eigenvalue weighted by Crippen LogP contribution is 2.28. The van der Waals surface area contributed by atoms with E-state index in [-0.39, 0.29) is 29.9 Å². The molecule has 1 fully saturated rings. The summed E-state index contributed by atoms with van der Waals surface area (Å²) < 4.78 is 44.2. The van der Waals surface area contributed by atoms with Crippen molar-refractivity contribution in [2.45, 2.75) is 32.1 Å². The van der Waals surface area contributed by atoms with Crippen molar-refractivity contribution in [2.24, 2.45) is 0 Å². The Morgan fingerprint density at radius 2 is 2.30 bits per heavy atom. The van der Waals surface area contributed by atoms with Crippen molar-refractivity contribution in [3.8, 4) is 0 Å². The first-order valence-electron chi connectivity index (χ1n) is 8.62. The lowest BCUT2D eigenvalue weighted by Gasteiger charge is -2.36. The molecule has 0 aromatic carbocycles. The number of nitrogens with zero attached hydrogens (tertiary/aromatic N) is 3. The molecule has 0 radical (unpaired) electrons. The third kappa shape index (κ3) is 4.38. The van der Waals surface area contributed by atoms with Crippen molar-refractivity contribution in [3.63, 3.8) is 0 Å². The van der Waals surface area contributed by atoms with Crippen LogP contribution in [0.25, 0.3) is 0 Å². The molecule has 3 rings (SSSR count). The molecule has 1 saturated heterocycles. The molecule has 27 heavy (non-hydrogen) atoms. The average molecular weight is 383 g/mol. The molecule has 3 heterocycles. The molecule has 0 saturated carbocycles.